The molecule has 0 fully saturated rings. The summed E-state index contributed by atoms with van der Waals surface area (Å²) >= 11 is 0. The fourth-order valence-electron chi connectivity index (χ4n) is 2.76. The van der Waals surface area contributed by atoms with Crippen molar-refractivity contribution >= 4 is 22.8 Å². The first-order chi connectivity index (χ1) is 14.2. The molecule has 0 amide bonds. The van der Waals surface area contributed by atoms with Crippen LogP contribution in [0.5, 0.6) is 17.2 Å². The van der Waals surface area contributed by atoms with Gasteiger partial charge in [0.05, 0.1) is 18.8 Å². The van der Waals surface area contributed by atoms with E-state index >= 15 is 0 Å². The fraction of sp³-hybridized carbons (Fsp3) is 0.318. The fourth-order valence-corrected chi connectivity index (χ4v) is 2.76. The van der Waals surface area contributed by atoms with E-state index in [0.717, 1.165) is 41.8 Å². The summed E-state index contributed by atoms with van der Waals surface area (Å²) in [5, 5.41) is 4.22. The summed E-state index contributed by atoms with van der Waals surface area (Å²) in [6.07, 6.45) is 7.14. The second-order valence-corrected chi connectivity index (χ2v) is 6.31. The predicted molar refractivity (Wildman–Crippen MR) is 115 cm³/mol. The molecule has 0 spiro atoms. The zero-order valence-corrected chi connectivity index (χ0v) is 16.9. The number of hydrogen-bond donors (Lipinski definition) is 1. The lowest BCUT2D eigenvalue weighted by molar-refractivity contribution is 0.218. The van der Waals surface area contributed by atoms with Crippen LogP contribution in [0.4, 0.5) is 5.82 Å². The molecule has 0 aliphatic rings. The topological polar surface area (TPSA) is 78.4 Å². The van der Waals surface area contributed by atoms with Gasteiger partial charge >= 0.3 is 0 Å². The molecule has 0 saturated heterocycles. The lowest BCUT2D eigenvalue weighted by Crippen LogP contribution is -2.12. The molecule has 0 radical (unpaired) electrons. The molecule has 7 heteroatoms. The number of methoxy groups -OCH3 is 1. The summed E-state index contributed by atoms with van der Waals surface area (Å²) < 4.78 is 17.0. The molecule has 7 nitrogen and oxygen atoms in total. The van der Waals surface area contributed by atoms with Crippen molar-refractivity contribution in [2.45, 2.75) is 19.8 Å². The zero-order chi connectivity index (χ0) is 20.5. The zero-order valence-electron chi connectivity index (χ0n) is 16.9. The quantitative estimate of drug-likeness (QED) is 0.485. The van der Waals surface area contributed by atoms with Gasteiger partial charge in [-0.2, -0.15) is 0 Å². The Bertz CT molecular complexity index is 962. The summed E-state index contributed by atoms with van der Waals surface area (Å²) in [6, 6.07) is 7.55. The van der Waals surface area contributed by atoms with E-state index in [4.69, 9.17) is 14.2 Å². The van der Waals surface area contributed by atoms with Gasteiger partial charge in [-0.1, -0.05) is 19.9 Å². The van der Waals surface area contributed by atoms with Crippen molar-refractivity contribution in [2.75, 3.05) is 32.2 Å². The number of nitrogens with one attached hydrogen (secondary N) is 1. The number of nitrogens with zero attached hydrogens (tertiary/aromatic N) is 3. The molecule has 3 aromatic rings. The number of anilines is 1. The van der Waals surface area contributed by atoms with Gasteiger partial charge in [0, 0.05) is 24.2 Å². The van der Waals surface area contributed by atoms with Crippen LogP contribution in [0, 0.1) is 0 Å². The summed E-state index contributed by atoms with van der Waals surface area (Å²) in [5.41, 5.74) is 0.818. The molecule has 2 aromatic heterocycles. The molecule has 0 bridgehead atoms. The van der Waals surface area contributed by atoms with Crippen molar-refractivity contribution in [1.82, 2.24) is 15.0 Å². The predicted octanol–water partition coefficient (Wildman–Crippen LogP) is 4.35. The molecule has 29 heavy (non-hydrogen) atoms. The smallest absolute Gasteiger partial charge is 0.180 e. The third-order valence-corrected chi connectivity index (χ3v) is 4.29. The molecular formula is C22H26N4O3. The van der Waals surface area contributed by atoms with Crippen LogP contribution in [0.2, 0.25) is 0 Å². The number of aromatic nitrogens is 3. The van der Waals surface area contributed by atoms with Crippen molar-refractivity contribution < 1.29 is 14.2 Å². The first kappa shape index (κ1) is 20.4. The van der Waals surface area contributed by atoms with Crippen molar-refractivity contribution in [3.63, 3.8) is 0 Å². The number of ether oxygens (including phenoxy) is 3. The monoisotopic (exact) mass is 394 g/mol. The second kappa shape index (κ2) is 10.3. The highest BCUT2D eigenvalue weighted by molar-refractivity contribution is 5.85. The van der Waals surface area contributed by atoms with Gasteiger partial charge in [-0.15, -0.1) is 0 Å². The first-order valence-electron chi connectivity index (χ1n) is 9.67. The van der Waals surface area contributed by atoms with Crippen molar-refractivity contribution in [1.29, 1.82) is 0 Å². The highest BCUT2D eigenvalue weighted by atomic mass is 16.5. The Morgan fingerprint density at radius 2 is 1.93 bits per heavy atom. The highest BCUT2D eigenvalue weighted by Crippen LogP contribution is 2.27. The molecule has 1 aromatic carbocycles. The minimum Gasteiger partial charge on any atom is -0.497 e. The van der Waals surface area contributed by atoms with Gasteiger partial charge in [-0.05, 0) is 30.7 Å². The molecule has 0 aliphatic carbocycles. The number of pyridine rings is 1. The minimum atomic E-state index is 0.360. The third-order valence-electron chi connectivity index (χ3n) is 4.29. The summed E-state index contributed by atoms with van der Waals surface area (Å²) in [5.74, 6) is 3.34. The van der Waals surface area contributed by atoms with Crippen LogP contribution in [0.3, 0.4) is 0 Å². The van der Waals surface area contributed by atoms with E-state index in [0.29, 0.717) is 30.6 Å². The number of hydrogen-bond acceptors (Lipinski definition) is 7. The van der Waals surface area contributed by atoms with E-state index in [1.54, 1.807) is 25.6 Å². The van der Waals surface area contributed by atoms with E-state index in [9.17, 15) is 0 Å². The lowest BCUT2D eigenvalue weighted by Gasteiger charge is -2.13. The molecule has 0 saturated carbocycles. The average molecular weight is 394 g/mol. The van der Waals surface area contributed by atoms with E-state index < -0.39 is 0 Å². The number of benzene rings is 1. The Hall–Kier alpha value is -3.35. The van der Waals surface area contributed by atoms with Crippen molar-refractivity contribution in [3.05, 3.63) is 49.1 Å². The molecule has 0 atom stereocenters. The van der Waals surface area contributed by atoms with Gasteiger partial charge in [0.25, 0.3) is 0 Å². The van der Waals surface area contributed by atoms with Crippen LogP contribution in [0.15, 0.2) is 43.2 Å². The van der Waals surface area contributed by atoms with E-state index in [1.165, 1.54) is 0 Å². The standard InChI is InChI=1S/C22H26N4O3/c1-4-6-10-24-22-20(15-25-21(5-2)26-22)29-13-12-28-19-9-11-23-18-14-16(27-3)7-8-17(18)19/h5,7-9,11,14-15H,2,4,6,10,12-13H2,1,3H3,(H,24,25,26). The van der Waals surface area contributed by atoms with Crippen LogP contribution >= 0.6 is 0 Å². The van der Waals surface area contributed by atoms with Crippen LogP contribution in [-0.4, -0.2) is 41.8 Å². The lowest BCUT2D eigenvalue weighted by atomic mass is 10.2. The molecule has 2 heterocycles. The van der Waals surface area contributed by atoms with Crippen LogP contribution in [-0.2, 0) is 0 Å². The van der Waals surface area contributed by atoms with E-state index in [-0.39, 0.29) is 0 Å². The van der Waals surface area contributed by atoms with Gasteiger partial charge in [-0.25, -0.2) is 9.97 Å². The minimum absolute atomic E-state index is 0.360. The summed E-state index contributed by atoms with van der Waals surface area (Å²) in [7, 11) is 1.63. The maximum absolute atomic E-state index is 5.91. The number of fused-ring (bicyclic) bond motifs is 1. The summed E-state index contributed by atoms with van der Waals surface area (Å²) in [6.45, 7) is 7.42. The molecule has 0 aliphatic heterocycles. The normalized spacial score (nSPS) is 10.6. The van der Waals surface area contributed by atoms with Gasteiger partial charge in [0.2, 0.25) is 0 Å². The highest BCUT2D eigenvalue weighted by Gasteiger charge is 2.08. The maximum Gasteiger partial charge on any atom is 0.180 e. The Labute approximate surface area is 170 Å². The second-order valence-electron chi connectivity index (χ2n) is 6.31. The number of rotatable bonds is 11. The Kier molecular flexibility index (Phi) is 7.22. The van der Waals surface area contributed by atoms with Crippen LogP contribution < -0.4 is 19.5 Å². The first-order valence-corrected chi connectivity index (χ1v) is 9.67. The molecular weight excluding hydrogens is 368 g/mol. The Morgan fingerprint density at radius 3 is 2.69 bits per heavy atom. The van der Waals surface area contributed by atoms with Crippen LogP contribution in [0.1, 0.15) is 25.6 Å². The third kappa shape index (κ3) is 5.34. The average Bonchev–Trinajstić information content (AvgIpc) is 2.77. The Balaban J connectivity index is 1.62. The van der Waals surface area contributed by atoms with Gasteiger partial charge < -0.3 is 19.5 Å². The van der Waals surface area contributed by atoms with Crippen LogP contribution in [0.25, 0.3) is 17.0 Å². The molecule has 0 unspecified atom stereocenters. The van der Waals surface area contributed by atoms with Crippen molar-refractivity contribution in [2.24, 2.45) is 0 Å². The summed E-state index contributed by atoms with van der Waals surface area (Å²) in [4.78, 5) is 13.0. The van der Waals surface area contributed by atoms with Crippen molar-refractivity contribution in [3.8, 4) is 17.2 Å². The SMILES string of the molecule is C=Cc1ncc(OCCOc2ccnc3cc(OC)ccc23)c(NCCCC)n1. The molecule has 3 rings (SSSR count). The molecule has 152 valence electrons. The van der Waals surface area contributed by atoms with E-state index in [2.05, 4.69) is 33.8 Å². The van der Waals surface area contributed by atoms with Gasteiger partial charge in [0.1, 0.15) is 24.7 Å². The van der Waals surface area contributed by atoms with E-state index in [1.807, 2.05) is 24.3 Å². The van der Waals surface area contributed by atoms with Gasteiger partial charge in [-0.3, -0.25) is 4.98 Å². The largest absolute Gasteiger partial charge is 0.497 e. The molecule has 1 N–H and O–H groups in total. The van der Waals surface area contributed by atoms with Gasteiger partial charge in [0.15, 0.2) is 17.4 Å². The maximum atomic E-state index is 5.91. The number of unbranched alkanes of at least 4 members (excludes halogenated alkanes) is 1. The Morgan fingerprint density at radius 1 is 1.10 bits per heavy atom.